The molecule has 0 aliphatic rings. The van der Waals surface area contributed by atoms with Crippen molar-refractivity contribution in [3.63, 3.8) is 0 Å². The van der Waals surface area contributed by atoms with Crippen molar-refractivity contribution in [3.8, 4) is 28.0 Å². The van der Waals surface area contributed by atoms with Crippen LogP contribution in [-0.2, 0) is 0 Å². The minimum Gasteiger partial charge on any atom is -0.537 e. The van der Waals surface area contributed by atoms with Crippen molar-refractivity contribution in [1.29, 1.82) is 0 Å². The zero-order valence-corrected chi connectivity index (χ0v) is 20.7. The fourth-order valence-corrected chi connectivity index (χ4v) is 4.95. The molecule has 38 heavy (non-hydrogen) atoms. The monoisotopic (exact) mass is 490 g/mol. The lowest BCUT2D eigenvalue weighted by Crippen LogP contribution is -2.11. The molecule has 0 unspecified atom stereocenters. The van der Waals surface area contributed by atoms with Gasteiger partial charge < -0.3 is 14.6 Å². The highest BCUT2D eigenvalue weighted by atomic mass is 16.5. The van der Waals surface area contributed by atoms with E-state index >= 15 is 0 Å². The second-order valence-corrected chi connectivity index (χ2v) is 9.01. The van der Waals surface area contributed by atoms with Gasteiger partial charge in [-0.3, -0.25) is 0 Å². The number of nitrogens with zero attached hydrogens (tertiary/aromatic N) is 1. The van der Waals surface area contributed by atoms with Crippen molar-refractivity contribution in [1.82, 2.24) is 0 Å². The molecular formula is C34H25BNO2. The molecule has 0 fully saturated rings. The number of benzene rings is 6. The van der Waals surface area contributed by atoms with E-state index in [0.29, 0.717) is 13.4 Å². The van der Waals surface area contributed by atoms with Gasteiger partial charge in [0.05, 0.1) is 5.69 Å². The fraction of sp³-hybridized carbons (Fsp3) is 0. The predicted octanol–water partition coefficient (Wildman–Crippen LogP) is 8.55. The first-order valence-electron chi connectivity index (χ1n) is 12.6. The molecule has 0 aliphatic carbocycles. The van der Waals surface area contributed by atoms with E-state index in [-0.39, 0.29) is 0 Å². The van der Waals surface area contributed by atoms with Gasteiger partial charge in [0.15, 0.2) is 0 Å². The van der Waals surface area contributed by atoms with E-state index in [1.807, 2.05) is 30.3 Å². The van der Waals surface area contributed by atoms with Crippen LogP contribution >= 0.6 is 0 Å². The van der Waals surface area contributed by atoms with E-state index in [1.165, 1.54) is 27.5 Å². The zero-order valence-electron chi connectivity index (χ0n) is 20.7. The molecule has 1 N–H and O–H groups in total. The molecule has 0 spiro atoms. The van der Waals surface area contributed by atoms with Crippen LogP contribution in [0, 0.1) is 0 Å². The highest BCUT2D eigenvalue weighted by Crippen LogP contribution is 2.43. The van der Waals surface area contributed by atoms with Crippen molar-refractivity contribution in [2.24, 2.45) is 0 Å². The van der Waals surface area contributed by atoms with Crippen LogP contribution in [0.25, 0.3) is 33.0 Å². The van der Waals surface area contributed by atoms with Gasteiger partial charge >= 0.3 is 7.69 Å². The number of hydrogen-bond acceptors (Lipinski definition) is 3. The van der Waals surface area contributed by atoms with Crippen LogP contribution in [0.4, 0.5) is 17.1 Å². The highest BCUT2D eigenvalue weighted by Gasteiger charge is 2.18. The van der Waals surface area contributed by atoms with E-state index in [9.17, 15) is 0 Å². The number of para-hydroxylation sites is 1. The summed E-state index contributed by atoms with van der Waals surface area (Å²) in [5.74, 6) is 0.568. The molecule has 6 rings (SSSR count). The van der Waals surface area contributed by atoms with Crippen LogP contribution in [0.5, 0.6) is 5.75 Å². The molecular weight excluding hydrogens is 465 g/mol. The van der Waals surface area contributed by atoms with Crippen molar-refractivity contribution >= 4 is 35.5 Å². The minimum atomic E-state index is 0.568. The first-order chi connectivity index (χ1) is 18.8. The number of anilines is 3. The molecule has 6 aromatic rings. The average Bonchev–Trinajstić information content (AvgIpc) is 2.99. The normalized spacial score (nSPS) is 10.8. The maximum atomic E-state index is 9.07. The van der Waals surface area contributed by atoms with Crippen molar-refractivity contribution < 1.29 is 9.68 Å². The molecule has 6 aromatic carbocycles. The highest BCUT2D eigenvalue weighted by molar-refractivity contribution is 6.17. The van der Waals surface area contributed by atoms with Crippen LogP contribution in [-0.4, -0.2) is 12.7 Å². The molecule has 0 bridgehead atoms. The number of fused-ring (bicyclic) bond motifs is 1. The van der Waals surface area contributed by atoms with Gasteiger partial charge in [0.2, 0.25) is 0 Å². The predicted molar refractivity (Wildman–Crippen MR) is 158 cm³/mol. The van der Waals surface area contributed by atoms with Gasteiger partial charge in [-0.05, 0) is 69.9 Å². The molecule has 0 aliphatic heterocycles. The van der Waals surface area contributed by atoms with Gasteiger partial charge in [-0.1, -0.05) is 103 Å². The Labute approximate surface area is 223 Å². The fourth-order valence-electron chi connectivity index (χ4n) is 4.95. The minimum absolute atomic E-state index is 0.568. The van der Waals surface area contributed by atoms with Crippen LogP contribution < -0.4 is 9.55 Å². The Morgan fingerprint density at radius 1 is 0.500 bits per heavy atom. The molecule has 3 nitrogen and oxygen atoms in total. The van der Waals surface area contributed by atoms with E-state index in [2.05, 4.69) is 120 Å². The van der Waals surface area contributed by atoms with E-state index in [1.54, 1.807) is 0 Å². The first-order valence-corrected chi connectivity index (χ1v) is 12.6. The molecule has 181 valence electrons. The third kappa shape index (κ3) is 4.65. The first kappa shape index (κ1) is 23.6. The van der Waals surface area contributed by atoms with Crippen molar-refractivity contribution in [2.75, 3.05) is 4.90 Å². The largest absolute Gasteiger partial charge is 0.569 e. The third-order valence-corrected chi connectivity index (χ3v) is 6.74. The van der Waals surface area contributed by atoms with E-state index < -0.39 is 0 Å². The van der Waals surface area contributed by atoms with Crippen LogP contribution in [0.1, 0.15) is 0 Å². The molecule has 0 saturated carbocycles. The summed E-state index contributed by atoms with van der Waals surface area (Å²) < 4.78 is 5.17. The molecule has 0 amide bonds. The Balaban J connectivity index is 1.51. The lowest BCUT2D eigenvalue weighted by atomic mass is 9.96. The Morgan fingerprint density at radius 3 is 1.84 bits per heavy atom. The summed E-state index contributed by atoms with van der Waals surface area (Å²) in [6.45, 7) is 0. The topological polar surface area (TPSA) is 32.7 Å². The maximum Gasteiger partial charge on any atom is 0.569 e. The summed E-state index contributed by atoms with van der Waals surface area (Å²) in [6, 6.07) is 50.2. The Hall–Kier alpha value is -4.80. The quantitative estimate of drug-likeness (QED) is 0.228. The number of hydrogen-bond donors (Lipinski definition) is 1. The van der Waals surface area contributed by atoms with Crippen LogP contribution in [0.15, 0.2) is 146 Å². The molecule has 4 heteroatoms. The molecule has 1 radical (unpaired) electrons. The lowest BCUT2D eigenvalue weighted by Gasteiger charge is -2.28. The SMILES string of the molecule is O[B]Oc1ccc(N(c2ccc(-c3ccccc3)cc2)c2ccccc2-c2cccc3ccccc23)cc1. The summed E-state index contributed by atoms with van der Waals surface area (Å²) in [6.07, 6.45) is 0. The smallest absolute Gasteiger partial charge is 0.537 e. The Morgan fingerprint density at radius 2 is 1.08 bits per heavy atom. The average molecular weight is 490 g/mol. The summed E-state index contributed by atoms with van der Waals surface area (Å²) >= 11 is 0. The summed E-state index contributed by atoms with van der Waals surface area (Å²) in [5.41, 5.74) is 7.76. The van der Waals surface area contributed by atoms with Crippen LogP contribution in [0.2, 0.25) is 0 Å². The van der Waals surface area contributed by atoms with Gasteiger partial charge in [0.1, 0.15) is 5.75 Å². The molecule has 0 atom stereocenters. The van der Waals surface area contributed by atoms with Crippen molar-refractivity contribution in [3.05, 3.63) is 146 Å². The van der Waals surface area contributed by atoms with Gasteiger partial charge in [-0.15, -0.1) is 0 Å². The molecule has 0 heterocycles. The standard InChI is InChI=1S/C34H25BNO2/c37-35-38-30-23-21-29(22-24-30)36(28-19-17-26(18-20-28)25-9-2-1-3-10-25)34-16-7-6-14-33(34)32-15-8-12-27-11-4-5-13-31(27)32/h1-24,37H. The van der Waals surface area contributed by atoms with Crippen molar-refractivity contribution in [2.45, 2.75) is 0 Å². The second kappa shape index (κ2) is 10.7. The zero-order chi connectivity index (χ0) is 25.7. The van der Waals surface area contributed by atoms with Gasteiger partial charge in [-0.2, -0.15) is 0 Å². The summed E-state index contributed by atoms with van der Waals surface area (Å²) in [4.78, 5) is 2.26. The van der Waals surface area contributed by atoms with Crippen LogP contribution in [0.3, 0.4) is 0 Å². The molecule has 0 saturated heterocycles. The lowest BCUT2D eigenvalue weighted by molar-refractivity contribution is 0.454. The van der Waals surface area contributed by atoms with Gasteiger partial charge in [-0.25, -0.2) is 0 Å². The third-order valence-electron chi connectivity index (χ3n) is 6.74. The Bertz CT molecular complexity index is 1660. The van der Waals surface area contributed by atoms with Gasteiger partial charge in [0, 0.05) is 16.9 Å². The van der Waals surface area contributed by atoms with E-state index in [0.717, 1.165) is 22.6 Å². The van der Waals surface area contributed by atoms with E-state index in [4.69, 9.17) is 9.68 Å². The maximum absolute atomic E-state index is 9.07. The number of rotatable bonds is 7. The Kier molecular flexibility index (Phi) is 6.63. The molecule has 0 aromatic heterocycles. The second-order valence-electron chi connectivity index (χ2n) is 9.01. The summed E-state index contributed by atoms with van der Waals surface area (Å²) in [5, 5.41) is 11.5. The van der Waals surface area contributed by atoms with Gasteiger partial charge in [0.25, 0.3) is 0 Å². The summed E-state index contributed by atoms with van der Waals surface area (Å²) in [7, 11) is 0.699.